The van der Waals surface area contributed by atoms with E-state index in [0.717, 1.165) is 93.1 Å². The van der Waals surface area contributed by atoms with Crippen molar-refractivity contribution in [3.63, 3.8) is 0 Å². The van der Waals surface area contributed by atoms with Gasteiger partial charge >= 0.3 is 0 Å². The van der Waals surface area contributed by atoms with Crippen LogP contribution in [-0.4, -0.2) is 121 Å². The number of hydrogen-bond acceptors (Lipinski definition) is 12. The standard InChI is InChI=1S/C58H75N7O9S/c1-9-64(45-20-23-73-24-21-45)49-29-44(28-47(38(49)4)54(68)60-32-48-36(2)27-37(3)62-55(48)69)42-16-12-40(13-17-42)11-10-22-72-25-26-74-34-51(67)63-53(58(6,7)8)57(71)65-33-46(66)30-50(65)56(70)59-31-41-14-18-43(19-15-41)52-39(5)61-35-75-52/h12-19,27-29,35,45-46,50,53,66H,9-11,20-26,30-34H2,1-8H3,(H,59,70)(H,60,68)(H,62,69)(H,63,67)/t46-,50+,53?/m1/s1. The quantitative estimate of drug-likeness (QED) is 0.0442. The summed E-state index contributed by atoms with van der Waals surface area (Å²) < 4.78 is 17.2. The van der Waals surface area contributed by atoms with Crippen LogP contribution in [0, 0.1) is 33.1 Å². The summed E-state index contributed by atoms with van der Waals surface area (Å²) in [6, 6.07) is 20.7. The fourth-order valence-corrected chi connectivity index (χ4v) is 10.8. The molecule has 5 aromatic rings. The summed E-state index contributed by atoms with van der Waals surface area (Å²) in [5.74, 6) is -1.52. The van der Waals surface area contributed by atoms with Gasteiger partial charge in [-0.3, -0.25) is 24.0 Å². The summed E-state index contributed by atoms with van der Waals surface area (Å²) in [5.41, 5.74) is 11.5. The number of β-amino-alcohol motifs (C(OH)–C–C–N with tert-alkyl or cyclic N) is 1. The van der Waals surface area contributed by atoms with E-state index in [2.05, 4.69) is 68.1 Å². The van der Waals surface area contributed by atoms with E-state index in [9.17, 15) is 29.1 Å². The van der Waals surface area contributed by atoms with E-state index in [1.807, 2.05) is 90.4 Å². The minimum Gasteiger partial charge on any atom is -0.391 e. The number of ether oxygens (including phenoxy) is 3. The summed E-state index contributed by atoms with van der Waals surface area (Å²) in [5, 5.41) is 19.4. The molecule has 0 aliphatic carbocycles. The van der Waals surface area contributed by atoms with Gasteiger partial charge in [0.15, 0.2) is 0 Å². The van der Waals surface area contributed by atoms with E-state index in [1.165, 1.54) is 4.90 Å². The van der Waals surface area contributed by atoms with E-state index >= 15 is 0 Å². The topological polar surface area (TPSA) is 205 Å². The van der Waals surface area contributed by atoms with Gasteiger partial charge in [-0.25, -0.2) is 4.98 Å². The lowest BCUT2D eigenvalue weighted by molar-refractivity contribution is -0.144. The van der Waals surface area contributed by atoms with Crippen molar-refractivity contribution in [1.82, 2.24) is 30.8 Å². The molecule has 0 radical (unpaired) electrons. The molecule has 0 bridgehead atoms. The highest BCUT2D eigenvalue weighted by molar-refractivity contribution is 7.13. The molecule has 5 N–H and O–H groups in total. The number of aliphatic hydroxyl groups is 1. The van der Waals surface area contributed by atoms with Gasteiger partial charge in [0.05, 0.1) is 35.4 Å². The summed E-state index contributed by atoms with van der Waals surface area (Å²) >= 11 is 1.57. The van der Waals surface area contributed by atoms with E-state index in [0.29, 0.717) is 30.9 Å². The van der Waals surface area contributed by atoms with Crippen LogP contribution in [0.1, 0.15) is 103 Å². The highest BCUT2D eigenvalue weighted by Gasteiger charge is 2.44. The number of aromatic nitrogens is 2. The molecule has 1 unspecified atom stereocenters. The molecule has 3 atom stereocenters. The second kappa shape index (κ2) is 26.0. The predicted octanol–water partition coefficient (Wildman–Crippen LogP) is 7.11. The number of aromatic amines is 1. The fraction of sp³-hybridized carbons (Fsp3) is 0.483. The number of carbonyl (C=O) groups excluding carboxylic acids is 4. The zero-order valence-electron chi connectivity index (χ0n) is 44.8. The van der Waals surface area contributed by atoms with Crippen molar-refractivity contribution in [2.75, 3.05) is 57.6 Å². The summed E-state index contributed by atoms with van der Waals surface area (Å²) in [4.78, 5) is 79.5. The third-order valence-corrected chi connectivity index (χ3v) is 15.2. The van der Waals surface area contributed by atoms with Crippen molar-refractivity contribution in [2.24, 2.45) is 5.41 Å². The molecular weight excluding hydrogens is 971 g/mol. The van der Waals surface area contributed by atoms with E-state index in [-0.39, 0.29) is 69.3 Å². The van der Waals surface area contributed by atoms with Crippen LogP contribution in [-0.2, 0) is 48.1 Å². The molecule has 2 fully saturated rings. The number of aryl methyl sites for hydroxylation is 4. The largest absolute Gasteiger partial charge is 0.391 e. The number of pyridine rings is 1. The maximum absolute atomic E-state index is 14.1. The van der Waals surface area contributed by atoms with Crippen molar-refractivity contribution in [3.8, 4) is 21.6 Å². The van der Waals surface area contributed by atoms with Gasteiger partial charge in [-0.1, -0.05) is 69.3 Å². The van der Waals surface area contributed by atoms with Gasteiger partial charge in [-0.2, -0.15) is 0 Å². The number of nitrogens with one attached hydrogen (secondary N) is 4. The first kappa shape index (κ1) is 56.5. The number of benzene rings is 3. The number of hydrogen-bond donors (Lipinski definition) is 5. The number of nitrogens with zero attached hydrogens (tertiary/aromatic N) is 3. The Morgan fingerprint density at radius 1 is 0.893 bits per heavy atom. The Balaban J connectivity index is 0.868. The smallest absolute Gasteiger partial charge is 0.253 e. The van der Waals surface area contributed by atoms with Gasteiger partial charge in [-0.15, -0.1) is 11.3 Å². The van der Waals surface area contributed by atoms with Crippen LogP contribution < -0.4 is 26.4 Å². The average molecular weight is 1050 g/mol. The molecule has 4 amide bonds. The Bertz CT molecular complexity index is 2820. The first-order valence-electron chi connectivity index (χ1n) is 26.2. The van der Waals surface area contributed by atoms with Crippen LogP contribution in [0.15, 0.2) is 77.0 Å². The Morgan fingerprint density at radius 2 is 1.59 bits per heavy atom. The zero-order chi connectivity index (χ0) is 53.8. The summed E-state index contributed by atoms with van der Waals surface area (Å²) in [6.07, 6.45) is 2.57. The highest BCUT2D eigenvalue weighted by Crippen LogP contribution is 2.35. The third kappa shape index (κ3) is 14.8. The molecular formula is C58H75N7O9S. The van der Waals surface area contributed by atoms with Gasteiger partial charge in [0.25, 0.3) is 11.5 Å². The predicted molar refractivity (Wildman–Crippen MR) is 293 cm³/mol. The second-order valence-electron chi connectivity index (χ2n) is 20.8. The van der Waals surface area contributed by atoms with Crippen LogP contribution in [0.4, 0.5) is 5.69 Å². The van der Waals surface area contributed by atoms with Gasteiger partial charge in [-0.05, 0) is 123 Å². The lowest BCUT2D eigenvalue weighted by Crippen LogP contribution is -2.58. The first-order chi connectivity index (χ1) is 35.9. The van der Waals surface area contributed by atoms with Gasteiger partial charge in [0.1, 0.15) is 18.7 Å². The van der Waals surface area contributed by atoms with Crippen molar-refractivity contribution >= 4 is 40.7 Å². The summed E-state index contributed by atoms with van der Waals surface area (Å²) in [6.45, 7) is 18.5. The minimum atomic E-state index is -0.970. The lowest BCUT2D eigenvalue weighted by Gasteiger charge is -2.37. The number of likely N-dealkylation sites (tertiary alicyclic amines) is 1. The number of amides is 4. The van der Waals surface area contributed by atoms with Crippen LogP contribution in [0.3, 0.4) is 0 Å². The molecule has 2 aliphatic rings. The van der Waals surface area contributed by atoms with Crippen molar-refractivity contribution in [3.05, 3.63) is 127 Å². The molecule has 4 heterocycles. The third-order valence-electron chi connectivity index (χ3n) is 14.2. The van der Waals surface area contributed by atoms with Crippen LogP contribution >= 0.6 is 11.3 Å². The number of anilines is 1. The zero-order valence-corrected chi connectivity index (χ0v) is 45.6. The molecule has 402 valence electrons. The molecule has 0 saturated carbocycles. The Hall–Kier alpha value is -6.24. The average Bonchev–Trinajstić information content (AvgIpc) is 4.01. The number of carbonyl (C=O) groups is 4. The Labute approximate surface area is 445 Å². The molecule has 3 aromatic carbocycles. The monoisotopic (exact) mass is 1050 g/mol. The molecule has 2 aromatic heterocycles. The molecule has 17 heteroatoms. The molecule has 2 aliphatic heterocycles. The van der Waals surface area contributed by atoms with Gasteiger partial charge < -0.3 is 50.1 Å². The highest BCUT2D eigenvalue weighted by atomic mass is 32.1. The van der Waals surface area contributed by atoms with Crippen molar-refractivity contribution in [1.29, 1.82) is 0 Å². The molecule has 7 rings (SSSR count). The SMILES string of the molecule is CCN(c1cc(-c2ccc(CCCOCCOCC(=O)NC(C(=O)N3C[C@H](O)C[C@H]3C(=O)NCc3ccc(-c4scnc4C)cc3)C(C)(C)C)cc2)cc(C(=O)NCc2c(C)cc(C)[nH]c2=O)c1C)C1CCOCC1. The normalized spacial score (nSPS) is 16.4. The number of H-pyrrole nitrogens is 1. The van der Waals surface area contributed by atoms with E-state index in [4.69, 9.17) is 14.2 Å². The maximum atomic E-state index is 14.1. The lowest BCUT2D eigenvalue weighted by atomic mass is 9.85. The number of thiazole rings is 1. The Kier molecular flexibility index (Phi) is 19.6. The van der Waals surface area contributed by atoms with Crippen LogP contribution in [0.25, 0.3) is 21.6 Å². The maximum Gasteiger partial charge on any atom is 0.253 e. The summed E-state index contributed by atoms with van der Waals surface area (Å²) in [7, 11) is 0. The van der Waals surface area contributed by atoms with Crippen molar-refractivity contribution < 1.29 is 38.5 Å². The van der Waals surface area contributed by atoms with Crippen molar-refractivity contribution in [2.45, 2.75) is 125 Å². The van der Waals surface area contributed by atoms with Crippen LogP contribution in [0.5, 0.6) is 0 Å². The van der Waals surface area contributed by atoms with Crippen LogP contribution in [0.2, 0.25) is 0 Å². The molecule has 0 spiro atoms. The molecule has 75 heavy (non-hydrogen) atoms. The van der Waals surface area contributed by atoms with Gasteiger partial charge in [0, 0.05) is 81.0 Å². The molecule has 2 saturated heterocycles. The number of rotatable bonds is 22. The van der Waals surface area contributed by atoms with E-state index < -0.39 is 35.4 Å². The van der Waals surface area contributed by atoms with E-state index in [1.54, 1.807) is 11.3 Å². The van der Waals surface area contributed by atoms with Gasteiger partial charge in [0.2, 0.25) is 17.7 Å². The second-order valence-corrected chi connectivity index (χ2v) is 21.7. The number of aliphatic hydroxyl groups excluding tert-OH is 1. The first-order valence-corrected chi connectivity index (χ1v) is 27.1. The Morgan fingerprint density at radius 3 is 2.25 bits per heavy atom. The molecule has 16 nitrogen and oxygen atoms in total. The minimum absolute atomic E-state index is 0.0187. The fourth-order valence-electron chi connectivity index (χ4n) is 10.00.